The number of hydrogen-bond donors (Lipinski definition) is 2. The summed E-state index contributed by atoms with van der Waals surface area (Å²) in [5.74, 6) is -4.05. The lowest BCUT2D eigenvalue weighted by molar-refractivity contribution is -0.194. The van der Waals surface area contributed by atoms with Crippen LogP contribution in [-0.2, 0) is 24.9 Å². The Kier molecular flexibility index (Phi) is 4.36. The van der Waals surface area contributed by atoms with Crippen molar-refractivity contribution in [2.24, 2.45) is 10.2 Å². The average molecular weight is 399 g/mol. The number of carbonyl (C=O) groups excluding carboxylic acids is 3. The van der Waals surface area contributed by atoms with Crippen molar-refractivity contribution in [1.82, 2.24) is 5.06 Å². The van der Waals surface area contributed by atoms with Crippen LogP contribution in [0.4, 0.5) is 13.2 Å². The Bertz CT molecular complexity index is 908. The summed E-state index contributed by atoms with van der Waals surface area (Å²) in [6.07, 6.45) is -4.12. The third-order valence-corrected chi connectivity index (χ3v) is 4.10. The second kappa shape index (κ2) is 6.32. The van der Waals surface area contributed by atoms with Crippen LogP contribution in [0.15, 0.2) is 27.9 Å². The number of phenolic OH excluding ortho intramolecular Hbond substituents is 2. The second-order valence-electron chi connectivity index (χ2n) is 6.09. The number of alkyl halides is 3. The third kappa shape index (κ3) is 3.17. The number of phenols is 2. The Balaban J connectivity index is 1.85. The molecule has 0 saturated carbocycles. The Labute approximate surface area is 154 Å². The summed E-state index contributed by atoms with van der Waals surface area (Å²) >= 11 is 0. The van der Waals surface area contributed by atoms with Gasteiger partial charge in [0.05, 0.1) is 5.56 Å². The summed E-state index contributed by atoms with van der Waals surface area (Å²) < 4.78 is 39.1. The smallest absolute Gasteiger partial charge is 0.442 e. The predicted octanol–water partition coefficient (Wildman–Crippen LogP) is 2.29. The zero-order valence-corrected chi connectivity index (χ0v) is 14.1. The Morgan fingerprint density at radius 3 is 2.11 bits per heavy atom. The minimum absolute atomic E-state index is 0.102. The van der Waals surface area contributed by atoms with Crippen LogP contribution in [0.3, 0.4) is 0 Å². The van der Waals surface area contributed by atoms with Crippen molar-refractivity contribution in [2.75, 3.05) is 0 Å². The van der Waals surface area contributed by atoms with Gasteiger partial charge in [-0.25, -0.2) is 4.79 Å². The zero-order valence-electron chi connectivity index (χ0n) is 14.1. The summed E-state index contributed by atoms with van der Waals surface area (Å²) in [7, 11) is 0. The van der Waals surface area contributed by atoms with Crippen molar-refractivity contribution in [3.8, 4) is 11.5 Å². The first-order chi connectivity index (χ1) is 13.0. The molecule has 0 radical (unpaired) electrons. The van der Waals surface area contributed by atoms with E-state index in [-0.39, 0.29) is 24.0 Å². The standard InChI is InChI=1S/C16H12F3N3O6/c1-7(14(27)28-22-12(25)2-3-13(22)26)4-9-10(23)5-8(6-11(9)24)15(20-21-15)16(17,18)19/h4-6,23-24H,2-3H2,1H3/b7-4+. The topological polar surface area (TPSA) is 129 Å². The van der Waals surface area contributed by atoms with Crippen molar-refractivity contribution < 1.29 is 42.6 Å². The molecule has 0 aliphatic carbocycles. The fraction of sp³-hybridized carbons (Fsp3) is 0.312. The molecule has 2 aliphatic rings. The molecule has 9 nitrogen and oxygen atoms in total. The molecule has 12 heteroatoms. The number of carbonyl (C=O) groups is 3. The van der Waals surface area contributed by atoms with Gasteiger partial charge >= 0.3 is 17.8 Å². The number of rotatable bonds is 4. The van der Waals surface area contributed by atoms with E-state index in [0.29, 0.717) is 17.2 Å². The van der Waals surface area contributed by atoms with Crippen LogP contribution < -0.4 is 0 Å². The monoisotopic (exact) mass is 399 g/mol. The average Bonchev–Trinajstić information content (AvgIpc) is 3.36. The van der Waals surface area contributed by atoms with E-state index >= 15 is 0 Å². The molecule has 2 aliphatic heterocycles. The van der Waals surface area contributed by atoms with E-state index in [2.05, 4.69) is 15.1 Å². The highest BCUT2D eigenvalue weighted by atomic mass is 19.4. The Morgan fingerprint density at radius 2 is 1.68 bits per heavy atom. The predicted molar refractivity (Wildman–Crippen MR) is 83.2 cm³/mol. The maximum Gasteiger partial charge on any atom is 0.442 e. The first kappa shape index (κ1) is 19.3. The number of hydroxylamine groups is 2. The molecule has 1 saturated heterocycles. The van der Waals surface area contributed by atoms with E-state index in [1.165, 1.54) is 6.92 Å². The molecule has 1 aromatic rings. The SMILES string of the molecule is C/C(=C\c1c(O)cc(C2(C(F)(F)F)N=N2)cc1O)C(=O)ON1C(=O)CCC1=O. The number of halogens is 3. The first-order valence-corrected chi connectivity index (χ1v) is 7.80. The summed E-state index contributed by atoms with van der Waals surface area (Å²) in [6.45, 7) is 1.20. The molecule has 0 spiro atoms. The molecule has 1 fully saturated rings. The molecular weight excluding hydrogens is 387 g/mol. The third-order valence-electron chi connectivity index (χ3n) is 4.10. The van der Waals surface area contributed by atoms with Gasteiger partial charge < -0.3 is 15.1 Å². The minimum Gasteiger partial charge on any atom is -0.507 e. The maximum atomic E-state index is 13.0. The van der Waals surface area contributed by atoms with Crippen molar-refractivity contribution in [1.29, 1.82) is 0 Å². The highest BCUT2D eigenvalue weighted by Crippen LogP contribution is 2.54. The Hall–Kier alpha value is -3.44. The summed E-state index contributed by atoms with van der Waals surface area (Å²) in [5.41, 5.74) is -4.04. The minimum atomic E-state index is -4.85. The molecule has 2 N–H and O–H groups in total. The number of nitrogens with zero attached hydrogens (tertiary/aromatic N) is 3. The molecule has 2 heterocycles. The van der Waals surface area contributed by atoms with E-state index < -0.39 is 46.7 Å². The number of imide groups is 1. The molecule has 2 amide bonds. The molecule has 1 aromatic carbocycles. The van der Waals surface area contributed by atoms with E-state index in [1.54, 1.807) is 0 Å². The van der Waals surface area contributed by atoms with Gasteiger partial charge in [-0.1, -0.05) is 0 Å². The zero-order chi connectivity index (χ0) is 20.9. The van der Waals surface area contributed by atoms with Gasteiger partial charge in [0.15, 0.2) is 0 Å². The van der Waals surface area contributed by atoms with Crippen LogP contribution in [0.5, 0.6) is 11.5 Å². The van der Waals surface area contributed by atoms with Crippen LogP contribution in [0.2, 0.25) is 0 Å². The van der Waals surface area contributed by atoms with E-state index in [1.807, 2.05) is 0 Å². The summed E-state index contributed by atoms with van der Waals surface area (Å²) in [6, 6.07) is 1.43. The van der Waals surface area contributed by atoms with Gasteiger partial charge in [0.2, 0.25) is 0 Å². The van der Waals surface area contributed by atoms with E-state index in [9.17, 15) is 37.8 Å². The Morgan fingerprint density at radius 1 is 1.18 bits per heavy atom. The van der Waals surface area contributed by atoms with Crippen LogP contribution >= 0.6 is 0 Å². The van der Waals surface area contributed by atoms with Gasteiger partial charge in [-0.15, -0.1) is 15.3 Å². The van der Waals surface area contributed by atoms with Gasteiger partial charge in [0.1, 0.15) is 11.5 Å². The molecule has 0 bridgehead atoms. The maximum absolute atomic E-state index is 13.0. The molecule has 0 atom stereocenters. The fourth-order valence-electron chi connectivity index (χ4n) is 2.50. The van der Waals surface area contributed by atoms with Gasteiger partial charge in [0.25, 0.3) is 11.8 Å². The molecule has 28 heavy (non-hydrogen) atoms. The van der Waals surface area contributed by atoms with Crippen LogP contribution in [0.25, 0.3) is 6.08 Å². The van der Waals surface area contributed by atoms with Crippen LogP contribution in [-0.4, -0.2) is 39.2 Å². The van der Waals surface area contributed by atoms with Crippen LogP contribution in [0.1, 0.15) is 30.9 Å². The van der Waals surface area contributed by atoms with Crippen molar-refractivity contribution in [2.45, 2.75) is 31.6 Å². The highest BCUT2D eigenvalue weighted by Gasteiger charge is 2.65. The molecule has 0 unspecified atom stereocenters. The molecule has 0 aromatic heterocycles. The second-order valence-corrected chi connectivity index (χ2v) is 6.09. The van der Waals surface area contributed by atoms with Crippen LogP contribution in [0, 0.1) is 0 Å². The normalized spacial score (nSPS) is 18.6. The summed E-state index contributed by atoms with van der Waals surface area (Å²) in [4.78, 5) is 39.6. The number of amides is 2. The van der Waals surface area contributed by atoms with Crippen molar-refractivity contribution >= 4 is 23.9 Å². The number of aromatic hydroxyl groups is 2. The number of benzene rings is 1. The lowest BCUT2D eigenvalue weighted by Crippen LogP contribution is -2.32. The van der Waals surface area contributed by atoms with E-state index in [0.717, 1.165) is 6.08 Å². The molecule has 3 rings (SSSR count). The molecular formula is C16H12F3N3O6. The molecule has 148 valence electrons. The lowest BCUT2D eigenvalue weighted by Gasteiger charge is -2.16. The largest absolute Gasteiger partial charge is 0.507 e. The van der Waals surface area contributed by atoms with Crippen molar-refractivity contribution in [3.63, 3.8) is 0 Å². The van der Waals surface area contributed by atoms with E-state index in [4.69, 9.17) is 0 Å². The summed E-state index contributed by atoms with van der Waals surface area (Å²) in [5, 5.41) is 26.2. The van der Waals surface area contributed by atoms with Crippen molar-refractivity contribution in [3.05, 3.63) is 28.8 Å². The van der Waals surface area contributed by atoms with Gasteiger partial charge in [-0.3, -0.25) is 9.59 Å². The quantitative estimate of drug-likeness (QED) is 0.590. The fourth-order valence-corrected chi connectivity index (χ4v) is 2.50. The highest BCUT2D eigenvalue weighted by molar-refractivity contribution is 6.03. The van der Waals surface area contributed by atoms with Gasteiger partial charge in [-0.2, -0.15) is 13.2 Å². The lowest BCUT2D eigenvalue weighted by atomic mass is 9.98. The van der Waals surface area contributed by atoms with Gasteiger partial charge in [0, 0.05) is 24.0 Å². The first-order valence-electron chi connectivity index (χ1n) is 7.80. The number of hydrogen-bond acceptors (Lipinski definition) is 8. The van der Waals surface area contributed by atoms with Gasteiger partial charge in [-0.05, 0) is 25.1 Å².